The van der Waals surface area contributed by atoms with Gasteiger partial charge in [-0.3, -0.25) is 0 Å². The Balaban J connectivity index is 1.67. The van der Waals surface area contributed by atoms with Crippen LogP contribution in [0.4, 0.5) is 0 Å². The SMILES string of the molecule is C1=CCC(c2ccccc2C=NNC2CCCCC2)=C1. The molecule has 0 aliphatic heterocycles. The van der Waals surface area contributed by atoms with E-state index in [1.165, 1.54) is 48.8 Å². The van der Waals surface area contributed by atoms with Crippen LogP contribution in [-0.2, 0) is 0 Å². The lowest BCUT2D eigenvalue weighted by Gasteiger charge is -2.20. The van der Waals surface area contributed by atoms with Gasteiger partial charge in [0, 0.05) is 11.6 Å². The Morgan fingerprint density at radius 1 is 1.10 bits per heavy atom. The summed E-state index contributed by atoms with van der Waals surface area (Å²) < 4.78 is 0. The van der Waals surface area contributed by atoms with Crippen molar-refractivity contribution in [2.45, 2.75) is 44.6 Å². The van der Waals surface area contributed by atoms with E-state index in [4.69, 9.17) is 0 Å². The largest absolute Gasteiger partial charge is 0.307 e. The van der Waals surface area contributed by atoms with Gasteiger partial charge in [0.15, 0.2) is 0 Å². The number of rotatable bonds is 4. The van der Waals surface area contributed by atoms with Crippen molar-refractivity contribution in [3.63, 3.8) is 0 Å². The van der Waals surface area contributed by atoms with Gasteiger partial charge in [-0.2, -0.15) is 5.10 Å². The van der Waals surface area contributed by atoms with Crippen LogP contribution in [0.3, 0.4) is 0 Å². The van der Waals surface area contributed by atoms with Gasteiger partial charge in [-0.1, -0.05) is 61.8 Å². The standard InChI is InChI=1S/C18H22N2/c1-2-11-17(12-3-1)20-19-14-16-10-6-7-13-18(16)15-8-4-5-9-15/h4-8,10,13-14,17,20H,1-3,9,11-12H2. The van der Waals surface area contributed by atoms with Crippen LogP contribution in [0.2, 0.25) is 0 Å². The minimum Gasteiger partial charge on any atom is -0.307 e. The average molecular weight is 266 g/mol. The molecule has 104 valence electrons. The van der Waals surface area contributed by atoms with Crippen molar-refractivity contribution < 1.29 is 0 Å². The van der Waals surface area contributed by atoms with E-state index >= 15 is 0 Å². The quantitative estimate of drug-likeness (QED) is 0.638. The van der Waals surface area contributed by atoms with Crippen molar-refractivity contribution in [1.82, 2.24) is 5.43 Å². The molecule has 0 radical (unpaired) electrons. The molecule has 0 spiro atoms. The third kappa shape index (κ3) is 3.19. The minimum absolute atomic E-state index is 0.569. The van der Waals surface area contributed by atoms with E-state index in [0.29, 0.717) is 6.04 Å². The van der Waals surface area contributed by atoms with Crippen molar-refractivity contribution >= 4 is 11.8 Å². The van der Waals surface area contributed by atoms with Crippen LogP contribution in [0.1, 0.15) is 49.7 Å². The molecule has 0 unspecified atom stereocenters. The lowest BCUT2D eigenvalue weighted by atomic mass is 9.96. The van der Waals surface area contributed by atoms with Gasteiger partial charge in [-0.25, -0.2) is 0 Å². The van der Waals surface area contributed by atoms with E-state index in [9.17, 15) is 0 Å². The van der Waals surface area contributed by atoms with Crippen LogP contribution in [0.25, 0.3) is 5.57 Å². The van der Waals surface area contributed by atoms with Crippen LogP contribution in [0.15, 0.2) is 47.6 Å². The monoisotopic (exact) mass is 266 g/mol. The first kappa shape index (κ1) is 13.2. The molecule has 0 aromatic heterocycles. The third-order valence-corrected chi connectivity index (χ3v) is 4.14. The summed E-state index contributed by atoms with van der Waals surface area (Å²) in [5, 5.41) is 4.47. The normalized spacial score (nSPS) is 19.5. The summed E-state index contributed by atoms with van der Waals surface area (Å²) >= 11 is 0. The van der Waals surface area contributed by atoms with Crippen LogP contribution < -0.4 is 5.43 Å². The highest BCUT2D eigenvalue weighted by Gasteiger charge is 2.11. The first-order valence-corrected chi connectivity index (χ1v) is 7.67. The summed E-state index contributed by atoms with van der Waals surface area (Å²) in [6.45, 7) is 0. The molecule has 2 aliphatic rings. The zero-order valence-corrected chi connectivity index (χ0v) is 11.9. The van der Waals surface area contributed by atoms with Gasteiger partial charge in [0.2, 0.25) is 0 Å². The van der Waals surface area contributed by atoms with Gasteiger partial charge < -0.3 is 5.43 Å². The number of nitrogens with one attached hydrogen (secondary N) is 1. The molecule has 2 nitrogen and oxygen atoms in total. The second-order valence-corrected chi connectivity index (χ2v) is 5.63. The molecule has 1 fully saturated rings. The molecule has 20 heavy (non-hydrogen) atoms. The molecule has 0 amide bonds. The molecule has 3 rings (SSSR count). The molecule has 0 atom stereocenters. The molecule has 1 aromatic rings. The molecular weight excluding hydrogens is 244 g/mol. The van der Waals surface area contributed by atoms with E-state index in [-0.39, 0.29) is 0 Å². The fourth-order valence-corrected chi connectivity index (χ4v) is 2.99. The van der Waals surface area contributed by atoms with E-state index in [2.05, 4.69) is 53.0 Å². The van der Waals surface area contributed by atoms with Crippen LogP contribution in [0.5, 0.6) is 0 Å². The highest BCUT2D eigenvalue weighted by atomic mass is 15.3. The van der Waals surface area contributed by atoms with Gasteiger partial charge in [0.05, 0.1) is 6.21 Å². The van der Waals surface area contributed by atoms with Crippen molar-refractivity contribution in [3.05, 3.63) is 53.6 Å². The maximum Gasteiger partial charge on any atom is 0.0546 e. The lowest BCUT2D eigenvalue weighted by Crippen LogP contribution is -2.26. The molecule has 0 saturated heterocycles. The number of nitrogens with zero attached hydrogens (tertiary/aromatic N) is 1. The predicted molar refractivity (Wildman–Crippen MR) is 85.8 cm³/mol. The second-order valence-electron chi connectivity index (χ2n) is 5.63. The van der Waals surface area contributed by atoms with Gasteiger partial charge in [-0.05, 0) is 30.4 Å². The van der Waals surface area contributed by atoms with Gasteiger partial charge in [0.25, 0.3) is 0 Å². The number of allylic oxidation sites excluding steroid dienone is 4. The summed E-state index contributed by atoms with van der Waals surface area (Å²) in [5.41, 5.74) is 7.20. The molecule has 0 bridgehead atoms. The summed E-state index contributed by atoms with van der Waals surface area (Å²) in [6, 6.07) is 9.07. The Bertz CT molecular complexity index is 534. The highest BCUT2D eigenvalue weighted by Crippen LogP contribution is 2.25. The molecule has 2 heteroatoms. The van der Waals surface area contributed by atoms with Crippen molar-refractivity contribution in [1.29, 1.82) is 0 Å². The zero-order chi connectivity index (χ0) is 13.6. The Morgan fingerprint density at radius 3 is 2.75 bits per heavy atom. The maximum absolute atomic E-state index is 4.47. The maximum atomic E-state index is 4.47. The van der Waals surface area contributed by atoms with E-state index in [1.54, 1.807) is 0 Å². The first-order valence-electron chi connectivity index (χ1n) is 7.67. The number of hydrazone groups is 1. The van der Waals surface area contributed by atoms with Gasteiger partial charge >= 0.3 is 0 Å². The number of hydrogen-bond donors (Lipinski definition) is 1. The molecule has 1 saturated carbocycles. The molecular formula is C18H22N2. The number of hydrogen-bond acceptors (Lipinski definition) is 2. The first-order chi connectivity index (χ1) is 9.93. The average Bonchev–Trinajstić information content (AvgIpc) is 3.03. The van der Waals surface area contributed by atoms with Crippen LogP contribution in [-0.4, -0.2) is 12.3 Å². The summed E-state index contributed by atoms with van der Waals surface area (Å²) in [4.78, 5) is 0. The summed E-state index contributed by atoms with van der Waals surface area (Å²) in [5.74, 6) is 0. The van der Waals surface area contributed by atoms with E-state index in [1.807, 2.05) is 6.21 Å². The van der Waals surface area contributed by atoms with Crippen molar-refractivity contribution in [2.75, 3.05) is 0 Å². The minimum atomic E-state index is 0.569. The van der Waals surface area contributed by atoms with Crippen molar-refractivity contribution in [3.8, 4) is 0 Å². The van der Waals surface area contributed by atoms with Gasteiger partial charge in [0.1, 0.15) is 0 Å². The fourth-order valence-electron chi connectivity index (χ4n) is 2.99. The molecule has 2 aliphatic carbocycles. The molecule has 1 N–H and O–H groups in total. The van der Waals surface area contributed by atoms with Gasteiger partial charge in [-0.15, -0.1) is 0 Å². The Hall–Kier alpha value is -1.83. The predicted octanol–water partition coefficient (Wildman–Crippen LogP) is 4.29. The Kier molecular flexibility index (Phi) is 4.32. The summed E-state index contributed by atoms with van der Waals surface area (Å²) in [7, 11) is 0. The topological polar surface area (TPSA) is 24.4 Å². The lowest BCUT2D eigenvalue weighted by molar-refractivity contribution is 0.381. The summed E-state index contributed by atoms with van der Waals surface area (Å²) in [6.07, 6.45) is 16.1. The zero-order valence-electron chi connectivity index (χ0n) is 11.9. The highest BCUT2D eigenvalue weighted by molar-refractivity contribution is 5.89. The van der Waals surface area contributed by atoms with E-state index in [0.717, 1.165) is 6.42 Å². The van der Waals surface area contributed by atoms with E-state index < -0.39 is 0 Å². The Morgan fingerprint density at radius 2 is 1.95 bits per heavy atom. The second kappa shape index (κ2) is 6.56. The smallest absolute Gasteiger partial charge is 0.0546 e. The molecule has 1 aromatic carbocycles. The van der Waals surface area contributed by atoms with Crippen LogP contribution in [0, 0.1) is 0 Å². The fraction of sp³-hybridized carbons (Fsp3) is 0.389. The third-order valence-electron chi connectivity index (χ3n) is 4.14. The van der Waals surface area contributed by atoms with Crippen LogP contribution >= 0.6 is 0 Å². The number of benzene rings is 1. The molecule has 0 heterocycles. The van der Waals surface area contributed by atoms with Crippen molar-refractivity contribution in [2.24, 2.45) is 5.10 Å². The Labute approximate surface area is 121 Å².